The Labute approximate surface area is 127 Å². The molecule has 2 aromatic rings. The maximum absolute atomic E-state index is 6.12. The number of hydrogen-bond acceptors (Lipinski definition) is 2. The van der Waals surface area contributed by atoms with Gasteiger partial charge >= 0.3 is 0 Å². The maximum atomic E-state index is 6.12. The Kier molecular flexibility index (Phi) is 3.80. The first-order chi connectivity index (χ1) is 10.0. The predicted molar refractivity (Wildman–Crippen MR) is 89.4 cm³/mol. The van der Waals surface area contributed by atoms with Crippen molar-refractivity contribution in [1.29, 1.82) is 0 Å². The monoisotopic (exact) mass is 285 g/mol. The second-order valence-electron chi connectivity index (χ2n) is 6.64. The van der Waals surface area contributed by atoms with Crippen LogP contribution in [-0.2, 0) is 26.6 Å². The van der Waals surface area contributed by atoms with E-state index in [-0.39, 0.29) is 0 Å². The van der Waals surface area contributed by atoms with Crippen LogP contribution in [0.3, 0.4) is 0 Å². The van der Waals surface area contributed by atoms with Crippen LogP contribution >= 0.6 is 0 Å². The van der Waals surface area contributed by atoms with Gasteiger partial charge < -0.3 is 10.3 Å². The molecular formula is C18H27N3. The molecule has 21 heavy (non-hydrogen) atoms. The van der Waals surface area contributed by atoms with E-state index in [1.54, 1.807) is 0 Å². The molecule has 0 amide bonds. The summed E-state index contributed by atoms with van der Waals surface area (Å²) in [7, 11) is 4.38. The van der Waals surface area contributed by atoms with Gasteiger partial charge in [-0.25, -0.2) is 0 Å². The van der Waals surface area contributed by atoms with E-state index in [1.165, 1.54) is 33.3 Å². The highest BCUT2D eigenvalue weighted by molar-refractivity contribution is 5.87. The van der Waals surface area contributed by atoms with Gasteiger partial charge in [0.1, 0.15) is 0 Å². The van der Waals surface area contributed by atoms with Crippen molar-refractivity contribution in [2.45, 2.75) is 52.2 Å². The minimum Gasteiger partial charge on any atom is -0.348 e. The van der Waals surface area contributed by atoms with Gasteiger partial charge in [-0.1, -0.05) is 6.92 Å². The van der Waals surface area contributed by atoms with Crippen molar-refractivity contribution in [2.75, 3.05) is 7.05 Å². The van der Waals surface area contributed by atoms with Crippen molar-refractivity contribution >= 4 is 10.9 Å². The number of rotatable bonds is 4. The van der Waals surface area contributed by atoms with E-state index in [2.05, 4.69) is 49.5 Å². The first-order valence-corrected chi connectivity index (χ1v) is 8.05. The summed E-state index contributed by atoms with van der Waals surface area (Å²) in [4.78, 5) is 2.38. The van der Waals surface area contributed by atoms with E-state index >= 15 is 0 Å². The summed E-state index contributed by atoms with van der Waals surface area (Å²) in [5.41, 5.74) is 13.4. The van der Waals surface area contributed by atoms with E-state index in [9.17, 15) is 0 Å². The van der Waals surface area contributed by atoms with Crippen LogP contribution in [-0.4, -0.2) is 22.6 Å². The molecule has 0 saturated carbocycles. The lowest BCUT2D eigenvalue weighted by Crippen LogP contribution is -2.19. The lowest BCUT2D eigenvalue weighted by atomic mass is 9.99. The summed E-state index contributed by atoms with van der Waals surface area (Å²) in [5, 5.41) is 1.44. The Balaban J connectivity index is 2.04. The smallest absolute Gasteiger partial charge is 0.0486 e. The van der Waals surface area contributed by atoms with Crippen LogP contribution in [0.15, 0.2) is 12.1 Å². The van der Waals surface area contributed by atoms with E-state index in [0.29, 0.717) is 6.04 Å². The molecule has 0 bridgehead atoms. The third-order valence-electron chi connectivity index (χ3n) is 5.11. The Morgan fingerprint density at radius 1 is 1.19 bits per heavy atom. The number of fused-ring (bicyclic) bond motifs is 2. The summed E-state index contributed by atoms with van der Waals surface area (Å²) in [6, 6.07) is 5.14. The zero-order chi connectivity index (χ0) is 15.1. The zero-order valence-electron chi connectivity index (χ0n) is 13.7. The van der Waals surface area contributed by atoms with E-state index < -0.39 is 0 Å². The van der Waals surface area contributed by atoms with Crippen molar-refractivity contribution in [1.82, 2.24) is 9.47 Å². The second-order valence-corrected chi connectivity index (χ2v) is 6.64. The molecule has 2 heterocycles. The van der Waals surface area contributed by atoms with Crippen LogP contribution < -0.4 is 5.73 Å². The van der Waals surface area contributed by atoms with Crippen molar-refractivity contribution in [3.63, 3.8) is 0 Å². The zero-order valence-corrected chi connectivity index (χ0v) is 13.7. The topological polar surface area (TPSA) is 34.2 Å². The number of nitrogens with two attached hydrogens (primary N) is 1. The molecule has 0 spiro atoms. The minimum absolute atomic E-state index is 0.320. The predicted octanol–water partition coefficient (Wildman–Crippen LogP) is 3.10. The Morgan fingerprint density at radius 3 is 2.52 bits per heavy atom. The summed E-state index contributed by atoms with van der Waals surface area (Å²) in [6.07, 6.45) is 3.23. The fourth-order valence-corrected chi connectivity index (χ4v) is 3.55. The van der Waals surface area contributed by atoms with Crippen LogP contribution in [0.5, 0.6) is 0 Å². The van der Waals surface area contributed by atoms with Gasteiger partial charge in [-0.15, -0.1) is 0 Å². The summed E-state index contributed by atoms with van der Waals surface area (Å²) in [5.74, 6) is 0. The molecule has 114 valence electrons. The Morgan fingerprint density at radius 2 is 1.86 bits per heavy atom. The third kappa shape index (κ3) is 2.49. The van der Waals surface area contributed by atoms with Gasteiger partial charge in [-0.3, -0.25) is 4.90 Å². The largest absolute Gasteiger partial charge is 0.348 e. The maximum Gasteiger partial charge on any atom is 0.0486 e. The Hall–Kier alpha value is -1.32. The van der Waals surface area contributed by atoms with Crippen molar-refractivity contribution in [3.05, 3.63) is 34.5 Å². The molecular weight excluding hydrogens is 258 g/mol. The van der Waals surface area contributed by atoms with E-state index in [4.69, 9.17) is 5.73 Å². The fraction of sp³-hybridized carbons (Fsp3) is 0.556. The van der Waals surface area contributed by atoms with Gasteiger partial charge in [0.25, 0.3) is 0 Å². The first kappa shape index (κ1) is 14.6. The number of benzene rings is 1. The SMILES string of the molecule is CCC(N)CCc1c(C)n(C)c2cc3c(cc12)CN(C)C3. The highest BCUT2D eigenvalue weighted by atomic mass is 15.1. The van der Waals surface area contributed by atoms with Crippen LogP contribution in [0, 0.1) is 6.92 Å². The van der Waals surface area contributed by atoms with E-state index in [1.807, 2.05) is 0 Å². The standard InChI is InChI=1S/C18H27N3/c1-5-15(19)6-7-16-12(2)21(4)18-9-14-11-20(3)10-13(14)8-17(16)18/h8-9,15H,5-7,10-11,19H2,1-4H3. The van der Waals surface area contributed by atoms with Crippen LogP contribution in [0.4, 0.5) is 0 Å². The molecule has 0 saturated heterocycles. The average Bonchev–Trinajstić information content (AvgIpc) is 2.93. The van der Waals surface area contributed by atoms with Gasteiger partial charge in [0.2, 0.25) is 0 Å². The number of aromatic nitrogens is 1. The molecule has 1 aromatic heterocycles. The van der Waals surface area contributed by atoms with Crippen LogP contribution in [0.2, 0.25) is 0 Å². The Bertz CT molecular complexity index is 669. The molecule has 3 heteroatoms. The highest BCUT2D eigenvalue weighted by Gasteiger charge is 2.20. The third-order valence-corrected chi connectivity index (χ3v) is 5.11. The molecule has 3 nitrogen and oxygen atoms in total. The molecule has 1 atom stereocenters. The summed E-state index contributed by atoms with van der Waals surface area (Å²) < 4.78 is 2.35. The van der Waals surface area contributed by atoms with Crippen molar-refractivity contribution in [2.24, 2.45) is 12.8 Å². The average molecular weight is 285 g/mol. The second kappa shape index (κ2) is 5.47. The van der Waals surface area contributed by atoms with Crippen molar-refractivity contribution < 1.29 is 0 Å². The quantitative estimate of drug-likeness (QED) is 0.936. The number of nitrogens with zero attached hydrogens (tertiary/aromatic N) is 2. The molecule has 1 aliphatic heterocycles. The molecule has 3 rings (SSSR count). The minimum atomic E-state index is 0.320. The molecule has 0 aliphatic carbocycles. The first-order valence-electron chi connectivity index (χ1n) is 8.05. The highest BCUT2D eigenvalue weighted by Crippen LogP contribution is 2.32. The summed E-state index contributed by atoms with van der Waals surface area (Å²) >= 11 is 0. The molecule has 0 fully saturated rings. The van der Waals surface area contributed by atoms with E-state index in [0.717, 1.165) is 32.4 Å². The number of hydrogen-bond donors (Lipinski definition) is 1. The number of aryl methyl sites for hydroxylation is 2. The lowest BCUT2D eigenvalue weighted by Gasteiger charge is -2.09. The lowest BCUT2D eigenvalue weighted by molar-refractivity contribution is 0.353. The normalized spacial score (nSPS) is 16.6. The summed E-state index contributed by atoms with van der Waals surface area (Å²) in [6.45, 7) is 6.56. The molecule has 1 unspecified atom stereocenters. The van der Waals surface area contributed by atoms with Gasteiger partial charge in [-0.2, -0.15) is 0 Å². The van der Waals surface area contributed by atoms with Gasteiger partial charge in [0, 0.05) is 42.8 Å². The van der Waals surface area contributed by atoms with Gasteiger partial charge in [0.15, 0.2) is 0 Å². The molecule has 2 N–H and O–H groups in total. The molecule has 0 radical (unpaired) electrons. The van der Waals surface area contributed by atoms with Gasteiger partial charge in [-0.05, 0) is 62.1 Å². The van der Waals surface area contributed by atoms with Crippen LogP contribution in [0.25, 0.3) is 10.9 Å². The fourth-order valence-electron chi connectivity index (χ4n) is 3.55. The van der Waals surface area contributed by atoms with Gasteiger partial charge in [0.05, 0.1) is 0 Å². The van der Waals surface area contributed by atoms with Crippen molar-refractivity contribution in [3.8, 4) is 0 Å². The molecule has 1 aliphatic rings. The molecule has 1 aromatic carbocycles. The van der Waals surface area contributed by atoms with Crippen LogP contribution in [0.1, 0.15) is 42.1 Å².